The zero-order valence-corrected chi connectivity index (χ0v) is 15.1. The fourth-order valence-corrected chi connectivity index (χ4v) is 3.19. The van der Waals surface area contributed by atoms with Crippen LogP contribution in [0.1, 0.15) is 32.7 Å². The molecule has 1 aliphatic rings. The molecule has 132 valence electrons. The van der Waals surface area contributed by atoms with Gasteiger partial charge in [0.15, 0.2) is 0 Å². The van der Waals surface area contributed by atoms with E-state index in [0.29, 0.717) is 24.2 Å². The molecule has 0 bridgehead atoms. The molecule has 1 fully saturated rings. The van der Waals surface area contributed by atoms with Gasteiger partial charge in [0.1, 0.15) is 5.82 Å². The summed E-state index contributed by atoms with van der Waals surface area (Å²) >= 11 is 0. The smallest absolute Gasteiger partial charge is 0.255 e. The maximum atomic E-state index is 13.1. The van der Waals surface area contributed by atoms with Crippen molar-refractivity contribution in [3.63, 3.8) is 0 Å². The van der Waals surface area contributed by atoms with Crippen LogP contribution in [0.5, 0.6) is 0 Å². The Morgan fingerprint density at radius 3 is 2.32 bits per heavy atom. The fraction of sp³-hybridized carbons (Fsp3) is 0.421. The summed E-state index contributed by atoms with van der Waals surface area (Å²) in [4.78, 5) is 25.0. The monoisotopic (exact) mass is 342 g/mol. The maximum Gasteiger partial charge on any atom is 0.255 e. The molecule has 1 saturated heterocycles. The zero-order valence-electron chi connectivity index (χ0n) is 15.1. The number of carbonyl (C=O) groups excluding carboxylic acids is 1. The van der Waals surface area contributed by atoms with Crippen molar-refractivity contribution in [3.05, 3.63) is 52.2 Å². The van der Waals surface area contributed by atoms with Gasteiger partial charge in [-0.05, 0) is 50.5 Å². The normalized spacial score (nSPS) is 14.8. The topological polar surface area (TPSA) is 49.3 Å². The summed E-state index contributed by atoms with van der Waals surface area (Å²) in [6.07, 6.45) is 1.33. The van der Waals surface area contributed by atoms with Crippen LogP contribution >= 0.6 is 0 Å². The Balaban J connectivity index is 1.71. The fourth-order valence-electron chi connectivity index (χ4n) is 3.19. The number of halogens is 1. The molecule has 1 amide bonds. The first-order chi connectivity index (χ1) is 11.9. The number of pyridine rings is 2. The summed E-state index contributed by atoms with van der Waals surface area (Å²) in [5.74, 6) is 0.347. The number of amides is 1. The van der Waals surface area contributed by atoms with Crippen molar-refractivity contribution >= 4 is 11.7 Å². The number of hydrogen-bond donors (Lipinski definition) is 0. The number of piperazine rings is 1. The highest BCUT2D eigenvalue weighted by Crippen LogP contribution is 2.22. The second-order valence-electron chi connectivity index (χ2n) is 6.63. The third-order valence-corrected chi connectivity index (χ3v) is 4.80. The molecule has 2 aromatic heterocycles. The molecular formula is C19H23FN4O. The largest absolute Gasteiger partial charge is 0.353 e. The SMILES string of the molecule is Cc1cc(F)ncc1C(=O)N1CCN(c2nc(C)c(C)cc2C)CC1. The Hall–Kier alpha value is -2.50. The Morgan fingerprint density at radius 1 is 1.00 bits per heavy atom. The molecule has 25 heavy (non-hydrogen) atoms. The van der Waals surface area contributed by atoms with Crippen LogP contribution < -0.4 is 4.90 Å². The molecule has 0 saturated carbocycles. The number of anilines is 1. The van der Waals surface area contributed by atoms with E-state index in [1.54, 1.807) is 11.8 Å². The standard InChI is InChI=1S/C19H23FN4O/c1-12-9-14(3)18(22-15(12)4)23-5-7-24(8-6-23)19(25)16-11-21-17(20)10-13(16)2/h9-11H,5-8H2,1-4H3. The van der Waals surface area contributed by atoms with Crippen LogP contribution in [0, 0.1) is 33.6 Å². The van der Waals surface area contributed by atoms with E-state index < -0.39 is 5.95 Å². The lowest BCUT2D eigenvalue weighted by Gasteiger charge is -2.36. The summed E-state index contributed by atoms with van der Waals surface area (Å²) in [7, 11) is 0. The van der Waals surface area contributed by atoms with Crippen LogP contribution in [0.4, 0.5) is 10.2 Å². The second-order valence-corrected chi connectivity index (χ2v) is 6.63. The van der Waals surface area contributed by atoms with Gasteiger partial charge in [0, 0.05) is 38.1 Å². The molecule has 5 nitrogen and oxygen atoms in total. The first-order valence-corrected chi connectivity index (χ1v) is 8.48. The van der Waals surface area contributed by atoms with Crippen molar-refractivity contribution in [2.24, 2.45) is 0 Å². The lowest BCUT2D eigenvalue weighted by atomic mass is 10.1. The lowest BCUT2D eigenvalue weighted by Crippen LogP contribution is -2.49. The molecular weight excluding hydrogens is 319 g/mol. The van der Waals surface area contributed by atoms with Crippen molar-refractivity contribution in [2.45, 2.75) is 27.7 Å². The third-order valence-electron chi connectivity index (χ3n) is 4.80. The number of aryl methyl sites for hydroxylation is 4. The van der Waals surface area contributed by atoms with E-state index in [1.165, 1.54) is 17.8 Å². The number of nitrogens with zero attached hydrogens (tertiary/aromatic N) is 4. The molecule has 0 spiro atoms. The van der Waals surface area contributed by atoms with Gasteiger partial charge >= 0.3 is 0 Å². The maximum absolute atomic E-state index is 13.1. The van der Waals surface area contributed by atoms with Crippen LogP contribution in [0.25, 0.3) is 0 Å². The minimum absolute atomic E-state index is 0.0885. The highest BCUT2D eigenvalue weighted by Gasteiger charge is 2.25. The lowest BCUT2D eigenvalue weighted by molar-refractivity contribution is 0.0745. The highest BCUT2D eigenvalue weighted by molar-refractivity contribution is 5.95. The van der Waals surface area contributed by atoms with Gasteiger partial charge < -0.3 is 9.80 Å². The Labute approximate surface area is 147 Å². The molecule has 1 aliphatic heterocycles. The number of carbonyl (C=O) groups is 1. The van der Waals surface area contributed by atoms with E-state index in [0.717, 1.165) is 30.2 Å². The highest BCUT2D eigenvalue weighted by atomic mass is 19.1. The van der Waals surface area contributed by atoms with Crippen LogP contribution in [0.2, 0.25) is 0 Å². The van der Waals surface area contributed by atoms with Crippen molar-refractivity contribution in [1.82, 2.24) is 14.9 Å². The number of rotatable bonds is 2. The summed E-state index contributed by atoms with van der Waals surface area (Å²) < 4.78 is 13.1. The average molecular weight is 342 g/mol. The van der Waals surface area contributed by atoms with Gasteiger partial charge in [-0.15, -0.1) is 0 Å². The number of aromatic nitrogens is 2. The van der Waals surface area contributed by atoms with Crippen LogP contribution in [0.15, 0.2) is 18.3 Å². The first-order valence-electron chi connectivity index (χ1n) is 8.48. The van der Waals surface area contributed by atoms with Gasteiger partial charge in [0.05, 0.1) is 5.56 Å². The van der Waals surface area contributed by atoms with E-state index >= 15 is 0 Å². The Bertz CT molecular complexity index is 813. The third kappa shape index (κ3) is 3.48. The van der Waals surface area contributed by atoms with E-state index in [9.17, 15) is 9.18 Å². The molecule has 0 radical (unpaired) electrons. The quantitative estimate of drug-likeness (QED) is 0.788. The van der Waals surface area contributed by atoms with Crippen molar-refractivity contribution < 1.29 is 9.18 Å². The van der Waals surface area contributed by atoms with Crippen molar-refractivity contribution in [2.75, 3.05) is 31.1 Å². The van der Waals surface area contributed by atoms with Crippen molar-refractivity contribution in [3.8, 4) is 0 Å². The molecule has 3 heterocycles. The predicted octanol–water partition coefficient (Wildman–Crippen LogP) is 2.81. The summed E-state index contributed by atoms with van der Waals surface area (Å²) in [5, 5.41) is 0. The molecule has 3 rings (SSSR count). The minimum Gasteiger partial charge on any atom is -0.353 e. The second kappa shape index (κ2) is 6.78. The summed E-state index contributed by atoms with van der Waals surface area (Å²) in [5.41, 5.74) is 4.46. The molecule has 6 heteroatoms. The van der Waals surface area contributed by atoms with E-state index in [1.807, 2.05) is 6.92 Å². The van der Waals surface area contributed by atoms with Gasteiger partial charge in [-0.25, -0.2) is 9.97 Å². The summed E-state index contributed by atoms with van der Waals surface area (Å²) in [6, 6.07) is 3.45. The van der Waals surface area contributed by atoms with Gasteiger partial charge in [-0.3, -0.25) is 4.79 Å². The van der Waals surface area contributed by atoms with E-state index in [4.69, 9.17) is 4.98 Å². The average Bonchev–Trinajstić information content (AvgIpc) is 2.58. The van der Waals surface area contributed by atoms with E-state index in [-0.39, 0.29) is 5.91 Å². The Kier molecular flexibility index (Phi) is 4.70. The minimum atomic E-state index is -0.560. The van der Waals surface area contributed by atoms with Crippen LogP contribution in [0.3, 0.4) is 0 Å². The van der Waals surface area contributed by atoms with Crippen LogP contribution in [-0.2, 0) is 0 Å². The van der Waals surface area contributed by atoms with Gasteiger partial charge in [-0.2, -0.15) is 4.39 Å². The van der Waals surface area contributed by atoms with Gasteiger partial charge in [0.2, 0.25) is 5.95 Å². The number of hydrogen-bond acceptors (Lipinski definition) is 4. The molecule has 2 aromatic rings. The molecule has 0 unspecified atom stereocenters. The van der Waals surface area contributed by atoms with Crippen LogP contribution in [-0.4, -0.2) is 47.0 Å². The van der Waals surface area contributed by atoms with Gasteiger partial charge in [-0.1, -0.05) is 6.07 Å². The molecule has 0 atom stereocenters. The van der Waals surface area contributed by atoms with Crippen molar-refractivity contribution in [1.29, 1.82) is 0 Å². The van der Waals surface area contributed by atoms with Gasteiger partial charge in [0.25, 0.3) is 5.91 Å². The molecule has 0 aliphatic carbocycles. The Morgan fingerprint density at radius 2 is 1.68 bits per heavy atom. The summed E-state index contributed by atoms with van der Waals surface area (Å²) in [6.45, 7) is 10.6. The predicted molar refractivity (Wildman–Crippen MR) is 95.5 cm³/mol. The zero-order chi connectivity index (χ0) is 18.1. The first kappa shape index (κ1) is 17.3. The molecule has 0 aromatic carbocycles. The van der Waals surface area contributed by atoms with E-state index in [2.05, 4.69) is 29.8 Å². The molecule has 0 N–H and O–H groups in total.